The number of morpholine rings is 1. The van der Waals surface area contributed by atoms with Crippen molar-refractivity contribution in [3.05, 3.63) is 34.5 Å². The summed E-state index contributed by atoms with van der Waals surface area (Å²) in [7, 11) is 1.57. The van der Waals surface area contributed by atoms with Crippen molar-refractivity contribution in [1.82, 2.24) is 30.0 Å². The maximum Gasteiger partial charge on any atom is 0.255 e. The molecule has 12 heteroatoms. The molecule has 0 spiro atoms. The number of hydrogen-bond acceptors (Lipinski definition) is 9. The Bertz CT molecular complexity index is 1210. The van der Waals surface area contributed by atoms with E-state index in [9.17, 15) is 4.79 Å². The topological polar surface area (TPSA) is 108 Å². The molecule has 0 atom stereocenters. The third kappa shape index (κ3) is 4.73. The smallest absolute Gasteiger partial charge is 0.255 e. The van der Waals surface area contributed by atoms with E-state index in [2.05, 4.69) is 39.2 Å². The Morgan fingerprint density at radius 3 is 2.74 bits per heavy atom. The molecule has 3 aromatic rings. The SMILES string of the molecule is COc1[nH]ncc1Nc1ncc(C)c(-c2cc3c(s2)C(C)(C)N(CCN2CCOCC2)C3=O)n1.Cl. The van der Waals surface area contributed by atoms with Gasteiger partial charge in [-0.05, 0) is 32.4 Å². The Morgan fingerprint density at radius 2 is 2.03 bits per heavy atom. The molecule has 10 nitrogen and oxygen atoms in total. The zero-order valence-electron chi connectivity index (χ0n) is 20.3. The lowest BCUT2D eigenvalue weighted by molar-refractivity contribution is 0.0263. The number of ether oxygens (including phenoxy) is 2. The summed E-state index contributed by atoms with van der Waals surface area (Å²) in [6, 6.07) is 1.98. The van der Waals surface area contributed by atoms with Gasteiger partial charge in [0.05, 0.1) is 48.2 Å². The number of nitrogens with one attached hydrogen (secondary N) is 2. The zero-order chi connectivity index (χ0) is 23.9. The number of hydrogen-bond donors (Lipinski definition) is 2. The average Bonchev–Trinajstić information content (AvgIpc) is 3.51. The van der Waals surface area contributed by atoms with Crippen LogP contribution in [-0.4, -0.2) is 82.4 Å². The molecule has 1 fully saturated rings. The molecule has 0 aliphatic carbocycles. The fourth-order valence-electron chi connectivity index (χ4n) is 4.48. The molecular formula is C23H30ClN7O3S. The third-order valence-corrected chi connectivity index (χ3v) is 7.90. The lowest BCUT2D eigenvalue weighted by atomic mass is 10.0. The molecule has 5 rings (SSSR count). The van der Waals surface area contributed by atoms with Gasteiger partial charge in [-0.1, -0.05) is 0 Å². The predicted octanol–water partition coefficient (Wildman–Crippen LogP) is 3.43. The molecule has 1 amide bonds. The highest BCUT2D eigenvalue weighted by Gasteiger charge is 2.45. The van der Waals surface area contributed by atoms with Crippen LogP contribution in [0.1, 0.15) is 34.6 Å². The first kappa shape index (κ1) is 25.4. The fourth-order valence-corrected chi connectivity index (χ4v) is 5.80. The van der Waals surface area contributed by atoms with Gasteiger partial charge in [0.1, 0.15) is 5.69 Å². The van der Waals surface area contributed by atoms with Crippen molar-refractivity contribution < 1.29 is 14.3 Å². The van der Waals surface area contributed by atoms with Gasteiger partial charge in [0.15, 0.2) is 0 Å². The Morgan fingerprint density at radius 1 is 1.26 bits per heavy atom. The number of fused-ring (bicyclic) bond motifs is 1. The van der Waals surface area contributed by atoms with Crippen LogP contribution >= 0.6 is 23.7 Å². The molecular weight excluding hydrogens is 490 g/mol. The number of aryl methyl sites for hydroxylation is 1. The summed E-state index contributed by atoms with van der Waals surface area (Å²) in [5, 5.41) is 9.89. The second-order valence-corrected chi connectivity index (χ2v) is 10.0. The summed E-state index contributed by atoms with van der Waals surface area (Å²) in [5.74, 6) is 1.03. The quantitative estimate of drug-likeness (QED) is 0.488. The highest BCUT2D eigenvalue weighted by Crippen LogP contribution is 2.46. The maximum absolute atomic E-state index is 13.4. The van der Waals surface area contributed by atoms with Crippen molar-refractivity contribution in [2.45, 2.75) is 26.3 Å². The molecule has 188 valence electrons. The van der Waals surface area contributed by atoms with E-state index in [-0.39, 0.29) is 23.9 Å². The van der Waals surface area contributed by atoms with Crippen molar-refractivity contribution in [2.75, 3.05) is 51.8 Å². The van der Waals surface area contributed by atoms with E-state index in [0.717, 1.165) is 59.4 Å². The molecule has 2 aliphatic heterocycles. The molecule has 0 bridgehead atoms. The Balaban J connectivity index is 0.00000289. The van der Waals surface area contributed by atoms with Gasteiger partial charge in [0.25, 0.3) is 5.91 Å². The summed E-state index contributed by atoms with van der Waals surface area (Å²) in [4.78, 5) is 28.9. The minimum atomic E-state index is -0.367. The fraction of sp³-hybridized carbons (Fsp3) is 0.478. The Hall–Kier alpha value is -2.73. The molecule has 0 radical (unpaired) electrons. The number of carbonyl (C=O) groups is 1. The summed E-state index contributed by atoms with van der Waals surface area (Å²) < 4.78 is 10.7. The summed E-state index contributed by atoms with van der Waals surface area (Å²) in [5.41, 5.74) is 2.81. The van der Waals surface area contributed by atoms with Crippen molar-refractivity contribution in [1.29, 1.82) is 0 Å². The summed E-state index contributed by atoms with van der Waals surface area (Å²) in [6.45, 7) is 11.2. The molecule has 1 saturated heterocycles. The number of carbonyl (C=O) groups excluding carboxylic acids is 1. The number of rotatable bonds is 7. The van der Waals surface area contributed by atoms with Crippen LogP contribution in [0.4, 0.5) is 11.6 Å². The largest absolute Gasteiger partial charge is 0.480 e. The second-order valence-electron chi connectivity index (χ2n) is 8.99. The number of aromatic amines is 1. The van der Waals surface area contributed by atoms with Crippen LogP contribution < -0.4 is 10.1 Å². The minimum Gasteiger partial charge on any atom is -0.480 e. The summed E-state index contributed by atoms with van der Waals surface area (Å²) >= 11 is 1.63. The third-order valence-electron chi connectivity index (χ3n) is 6.44. The Kier molecular flexibility index (Phi) is 7.32. The van der Waals surface area contributed by atoms with Gasteiger partial charge in [0, 0.05) is 37.3 Å². The second kappa shape index (κ2) is 10.1. The first-order chi connectivity index (χ1) is 16.4. The van der Waals surface area contributed by atoms with E-state index in [0.29, 0.717) is 24.1 Å². The molecule has 0 aromatic carbocycles. The first-order valence-electron chi connectivity index (χ1n) is 11.3. The lowest BCUT2D eigenvalue weighted by Gasteiger charge is -2.35. The monoisotopic (exact) mass is 519 g/mol. The molecule has 2 aliphatic rings. The zero-order valence-corrected chi connectivity index (χ0v) is 21.9. The molecule has 5 heterocycles. The van der Waals surface area contributed by atoms with E-state index in [4.69, 9.17) is 14.5 Å². The van der Waals surface area contributed by atoms with Crippen LogP contribution in [0.2, 0.25) is 0 Å². The van der Waals surface area contributed by atoms with E-state index in [1.54, 1.807) is 30.8 Å². The van der Waals surface area contributed by atoms with Gasteiger partial charge < -0.3 is 19.7 Å². The van der Waals surface area contributed by atoms with E-state index < -0.39 is 0 Å². The van der Waals surface area contributed by atoms with Crippen LogP contribution in [-0.2, 0) is 10.3 Å². The molecule has 2 N–H and O–H groups in total. The van der Waals surface area contributed by atoms with Crippen LogP contribution in [0.3, 0.4) is 0 Å². The van der Waals surface area contributed by atoms with E-state index in [1.165, 1.54) is 0 Å². The van der Waals surface area contributed by atoms with Gasteiger partial charge in [-0.3, -0.25) is 9.69 Å². The average molecular weight is 520 g/mol. The highest BCUT2D eigenvalue weighted by atomic mass is 35.5. The molecule has 0 unspecified atom stereocenters. The minimum absolute atomic E-state index is 0. The van der Waals surface area contributed by atoms with Crippen LogP contribution in [0.15, 0.2) is 18.5 Å². The first-order valence-corrected chi connectivity index (χ1v) is 12.1. The number of methoxy groups -OCH3 is 1. The van der Waals surface area contributed by atoms with Gasteiger partial charge in [-0.15, -0.1) is 23.7 Å². The van der Waals surface area contributed by atoms with Crippen molar-refractivity contribution >= 4 is 41.3 Å². The number of nitrogens with zero attached hydrogens (tertiary/aromatic N) is 5. The van der Waals surface area contributed by atoms with E-state index >= 15 is 0 Å². The summed E-state index contributed by atoms with van der Waals surface area (Å²) in [6.07, 6.45) is 3.40. The maximum atomic E-state index is 13.4. The van der Waals surface area contributed by atoms with Gasteiger partial charge in [0.2, 0.25) is 11.8 Å². The van der Waals surface area contributed by atoms with Crippen LogP contribution in [0.5, 0.6) is 5.88 Å². The van der Waals surface area contributed by atoms with Crippen molar-refractivity contribution in [2.24, 2.45) is 0 Å². The number of anilines is 2. The number of amides is 1. The van der Waals surface area contributed by atoms with Gasteiger partial charge in [-0.25, -0.2) is 15.1 Å². The number of aromatic nitrogens is 4. The van der Waals surface area contributed by atoms with Gasteiger partial charge in [-0.2, -0.15) is 5.10 Å². The predicted molar refractivity (Wildman–Crippen MR) is 137 cm³/mol. The van der Waals surface area contributed by atoms with Crippen LogP contribution in [0, 0.1) is 6.92 Å². The lowest BCUT2D eigenvalue weighted by Crippen LogP contribution is -2.46. The van der Waals surface area contributed by atoms with Crippen LogP contribution in [0.25, 0.3) is 10.6 Å². The number of H-pyrrole nitrogens is 1. The molecule has 35 heavy (non-hydrogen) atoms. The van der Waals surface area contributed by atoms with Crippen molar-refractivity contribution in [3.8, 4) is 16.5 Å². The van der Waals surface area contributed by atoms with E-state index in [1.807, 2.05) is 17.9 Å². The van der Waals surface area contributed by atoms with Gasteiger partial charge >= 0.3 is 0 Å². The number of thiophene rings is 1. The number of halogens is 1. The standard InChI is InChI=1S/C23H29N7O3S.ClH/c1-14-12-24-22(26-16-13-25-28-20(16)32-4)27-18(14)17-11-15-19(34-17)23(2,3)30(21(15)31)6-5-29-7-9-33-10-8-29;/h11-13H,5-10H2,1-4H3,(H,25,28)(H,24,26,27);1H. The van der Waals surface area contributed by atoms with Crippen molar-refractivity contribution in [3.63, 3.8) is 0 Å². The Labute approximate surface area is 214 Å². The molecule has 0 saturated carbocycles. The highest BCUT2D eigenvalue weighted by molar-refractivity contribution is 7.16. The normalized spacial score (nSPS) is 17.3. The molecule has 3 aromatic heterocycles.